The van der Waals surface area contributed by atoms with Crippen LogP contribution in [-0.4, -0.2) is 15.0 Å². The van der Waals surface area contributed by atoms with Gasteiger partial charge in [-0.1, -0.05) is 158 Å². The third-order valence-corrected chi connectivity index (χ3v) is 16.8. The normalized spacial score (nSPS) is 19.2. The Bertz CT molecular complexity index is 4090. The minimum atomic E-state index is 0.336. The summed E-state index contributed by atoms with van der Waals surface area (Å²) in [6.07, 6.45) is 8.39. The molecule has 9 aromatic carbocycles. The molecule has 0 saturated heterocycles. The van der Waals surface area contributed by atoms with Crippen LogP contribution in [0.25, 0.3) is 123 Å². The lowest BCUT2D eigenvalue weighted by atomic mass is 9.48. The summed E-state index contributed by atoms with van der Waals surface area (Å²) in [7, 11) is 0. The van der Waals surface area contributed by atoms with E-state index in [4.69, 9.17) is 23.8 Å². The molecule has 16 rings (SSSR count). The van der Waals surface area contributed by atoms with Crippen LogP contribution in [0.1, 0.15) is 49.7 Å². The maximum atomic E-state index is 6.98. The lowest BCUT2D eigenvalue weighted by molar-refractivity contribution is -0.00518. The van der Waals surface area contributed by atoms with Crippen molar-refractivity contribution in [2.24, 2.45) is 17.8 Å². The summed E-state index contributed by atoms with van der Waals surface area (Å²) in [5.74, 6) is 4.29. The molecule has 0 unspecified atom stereocenters. The Kier molecular flexibility index (Phi) is 9.60. The van der Waals surface area contributed by atoms with Crippen LogP contribution in [0.3, 0.4) is 0 Å². The lowest BCUT2D eigenvalue weighted by Gasteiger charge is -2.57. The number of para-hydroxylation sites is 3. The number of aryl methyl sites for hydroxylation is 1. The molecule has 350 valence electrons. The number of aromatic nitrogens is 3. The predicted molar refractivity (Wildman–Crippen MR) is 297 cm³/mol. The fourth-order valence-electron chi connectivity index (χ4n) is 13.9. The highest BCUT2D eigenvalue weighted by Gasteiger charge is 2.51. The number of benzene rings is 9. The summed E-state index contributed by atoms with van der Waals surface area (Å²) in [4.78, 5) is 16.3. The molecular weight excluding hydrogens is 891 g/mol. The first-order valence-corrected chi connectivity index (χ1v) is 26.1. The van der Waals surface area contributed by atoms with Gasteiger partial charge in [-0.05, 0) is 167 Å². The number of hydrogen-bond acceptors (Lipinski definition) is 5. The molecule has 5 heteroatoms. The van der Waals surface area contributed by atoms with Crippen molar-refractivity contribution in [1.82, 2.24) is 15.0 Å². The van der Waals surface area contributed by atoms with Crippen LogP contribution in [0.2, 0.25) is 0 Å². The van der Waals surface area contributed by atoms with Crippen LogP contribution in [-0.2, 0) is 5.41 Å². The van der Waals surface area contributed by atoms with E-state index < -0.39 is 0 Å². The first-order valence-electron chi connectivity index (χ1n) is 26.1. The Morgan fingerprint density at radius 2 is 0.877 bits per heavy atom. The molecule has 0 amide bonds. The number of nitrogens with zero attached hydrogens (tertiary/aromatic N) is 3. The summed E-state index contributed by atoms with van der Waals surface area (Å²) >= 11 is 0. The van der Waals surface area contributed by atoms with Crippen molar-refractivity contribution >= 4 is 43.9 Å². The van der Waals surface area contributed by atoms with Crippen molar-refractivity contribution in [3.05, 3.63) is 211 Å². The van der Waals surface area contributed by atoms with E-state index >= 15 is 0 Å². The zero-order valence-electron chi connectivity index (χ0n) is 40.7. The Morgan fingerprint density at radius 1 is 0.370 bits per heavy atom. The maximum Gasteiger partial charge on any atom is 0.167 e. The maximum absolute atomic E-state index is 6.98. The van der Waals surface area contributed by atoms with Crippen molar-refractivity contribution in [2.75, 3.05) is 0 Å². The predicted octanol–water partition coefficient (Wildman–Crippen LogP) is 18.1. The minimum absolute atomic E-state index is 0.336. The molecule has 0 N–H and O–H groups in total. The average molecular weight is 942 g/mol. The van der Waals surface area contributed by atoms with Gasteiger partial charge in [0.25, 0.3) is 0 Å². The van der Waals surface area contributed by atoms with Gasteiger partial charge in [-0.25, -0.2) is 15.0 Å². The fraction of sp³-hybridized carbons (Fsp3) is 0.162. The second-order valence-corrected chi connectivity index (χ2v) is 21.4. The lowest BCUT2D eigenvalue weighted by Crippen LogP contribution is -2.48. The zero-order valence-corrected chi connectivity index (χ0v) is 40.7. The topological polar surface area (TPSA) is 65.0 Å². The van der Waals surface area contributed by atoms with Gasteiger partial charge in [0.15, 0.2) is 17.5 Å². The van der Waals surface area contributed by atoms with Gasteiger partial charge in [-0.3, -0.25) is 0 Å². The highest BCUT2D eigenvalue weighted by atomic mass is 16.3. The van der Waals surface area contributed by atoms with Crippen molar-refractivity contribution in [3.63, 3.8) is 0 Å². The van der Waals surface area contributed by atoms with Crippen LogP contribution < -0.4 is 0 Å². The van der Waals surface area contributed by atoms with E-state index in [2.05, 4.69) is 189 Å². The zero-order chi connectivity index (χ0) is 48.2. The van der Waals surface area contributed by atoms with Crippen molar-refractivity contribution in [1.29, 1.82) is 0 Å². The van der Waals surface area contributed by atoms with Gasteiger partial charge >= 0.3 is 0 Å². The standard InChI is InChI=1S/C68H51N3O2/c1-41-31-48(25-28-53(41)46-15-6-3-7-16-46)50-35-49(45-13-4-2-5-14-45)36-51(37-50)65-69-66(58-20-12-19-56-55-17-8-10-21-60(55)72-63(56)58)71-67(70-65)59-30-29-54(62-57-18-9-11-22-61(57)73-64(59)62)47-23-26-52(27-24-47)68-38-42-32-43(39-68)34-44(33-42)40-68/h2-31,35-37,42-44H,32-34,38-40H2,1H3. The van der Waals surface area contributed by atoms with Crippen LogP contribution in [0.5, 0.6) is 0 Å². The van der Waals surface area contributed by atoms with Crippen LogP contribution in [0.15, 0.2) is 209 Å². The average Bonchev–Trinajstić information content (AvgIpc) is 4.02. The quantitative estimate of drug-likeness (QED) is 0.152. The second kappa shape index (κ2) is 16.6. The summed E-state index contributed by atoms with van der Waals surface area (Å²) < 4.78 is 13.6. The largest absolute Gasteiger partial charge is 0.455 e. The van der Waals surface area contributed by atoms with Crippen LogP contribution in [0.4, 0.5) is 0 Å². The molecule has 3 heterocycles. The van der Waals surface area contributed by atoms with E-state index in [0.717, 1.165) is 106 Å². The highest BCUT2D eigenvalue weighted by molar-refractivity contribution is 6.16. The Morgan fingerprint density at radius 3 is 1.58 bits per heavy atom. The van der Waals surface area contributed by atoms with E-state index in [1.54, 1.807) is 0 Å². The number of furan rings is 2. The molecule has 0 aliphatic heterocycles. The smallest absolute Gasteiger partial charge is 0.167 e. The molecule has 0 radical (unpaired) electrons. The van der Waals surface area contributed by atoms with Gasteiger partial charge in [-0.15, -0.1) is 0 Å². The molecule has 4 aliphatic rings. The van der Waals surface area contributed by atoms with E-state index in [1.807, 2.05) is 18.2 Å². The minimum Gasteiger partial charge on any atom is -0.455 e. The Hall–Kier alpha value is -8.41. The molecule has 4 fully saturated rings. The van der Waals surface area contributed by atoms with Gasteiger partial charge in [0.1, 0.15) is 22.3 Å². The summed E-state index contributed by atoms with van der Waals surface area (Å²) in [6, 6.07) is 71.5. The van der Waals surface area contributed by atoms with Gasteiger partial charge in [0.05, 0.1) is 11.1 Å². The summed E-state index contributed by atoms with van der Waals surface area (Å²) in [6.45, 7) is 2.19. The number of fused-ring (bicyclic) bond motifs is 6. The molecule has 4 bridgehead atoms. The van der Waals surface area contributed by atoms with Crippen molar-refractivity contribution in [3.8, 4) is 78.7 Å². The third-order valence-electron chi connectivity index (χ3n) is 16.8. The van der Waals surface area contributed by atoms with Gasteiger partial charge < -0.3 is 8.83 Å². The van der Waals surface area contributed by atoms with E-state index in [9.17, 15) is 0 Å². The fourth-order valence-corrected chi connectivity index (χ4v) is 13.9. The van der Waals surface area contributed by atoms with Crippen LogP contribution in [0, 0.1) is 24.7 Å². The molecule has 0 spiro atoms. The number of rotatable bonds is 8. The monoisotopic (exact) mass is 941 g/mol. The Balaban J connectivity index is 0.924. The molecule has 0 atom stereocenters. The first kappa shape index (κ1) is 42.3. The summed E-state index contributed by atoms with van der Waals surface area (Å²) in [5.41, 5.74) is 17.8. The van der Waals surface area contributed by atoms with Crippen molar-refractivity contribution < 1.29 is 8.83 Å². The van der Waals surface area contributed by atoms with E-state index in [1.165, 1.54) is 66.3 Å². The summed E-state index contributed by atoms with van der Waals surface area (Å²) in [5, 5.41) is 4.18. The first-order chi connectivity index (χ1) is 36.0. The molecule has 73 heavy (non-hydrogen) atoms. The van der Waals surface area contributed by atoms with Gasteiger partial charge in [-0.2, -0.15) is 0 Å². The van der Waals surface area contributed by atoms with Crippen molar-refractivity contribution in [2.45, 2.75) is 50.9 Å². The highest BCUT2D eigenvalue weighted by Crippen LogP contribution is 2.61. The van der Waals surface area contributed by atoms with Crippen LogP contribution >= 0.6 is 0 Å². The molecule has 4 aliphatic carbocycles. The van der Waals surface area contributed by atoms with Gasteiger partial charge in [0.2, 0.25) is 0 Å². The third kappa shape index (κ3) is 7.08. The Labute approximate surface area is 424 Å². The molecule has 12 aromatic rings. The molecule has 3 aromatic heterocycles. The molecule has 4 saturated carbocycles. The van der Waals surface area contributed by atoms with Gasteiger partial charge in [0, 0.05) is 27.1 Å². The number of hydrogen-bond donors (Lipinski definition) is 0. The van der Waals surface area contributed by atoms with E-state index in [0.29, 0.717) is 22.9 Å². The SMILES string of the molecule is Cc1cc(-c2cc(-c3ccccc3)cc(-c3nc(-c4cccc5c4oc4ccccc45)nc(-c4ccc(-c5ccc(C67CC8CC(CC(C8)C6)C7)cc5)c5c4oc4ccccc45)n3)c2)ccc1-c1ccccc1. The second-order valence-electron chi connectivity index (χ2n) is 21.4. The van der Waals surface area contributed by atoms with E-state index in [-0.39, 0.29) is 0 Å². The molecule has 5 nitrogen and oxygen atoms in total. The molecular formula is C68H51N3O2.